The fraction of sp³-hybridized carbons (Fsp3) is 0.417. The number of aromatic nitrogens is 2. The smallest absolute Gasteiger partial charge is 0.271 e. The molecule has 1 saturated heterocycles. The van der Waals surface area contributed by atoms with Gasteiger partial charge in [0.15, 0.2) is 11.5 Å². The van der Waals surface area contributed by atoms with E-state index in [0.29, 0.717) is 36.8 Å². The molecule has 8 nitrogen and oxygen atoms in total. The molecule has 1 fully saturated rings. The first-order chi connectivity index (χ1) is 16.4. The Labute approximate surface area is 206 Å². The number of methoxy groups -OCH3 is 2. The van der Waals surface area contributed by atoms with Gasteiger partial charge < -0.3 is 19.7 Å². The summed E-state index contributed by atoms with van der Waals surface area (Å²) < 4.78 is 10.6. The normalized spacial score (nSPS) is 14.2. The Morgan fingerprint density at radius 1 is 1.12 bits per heavy atom. The van der Waals surface area contributed by atoms with Crippen LogP contribution in [0.1, 0.15) is 60.2 Å². The molecule has 0 bridgehead atoms. The molecule has 0 spiro atoms. The average molecular weight is 501 g/mol. The lowest BCUT2D eigenvalue weighted by Crippen LogP contribution is -2.37. The van der Waals surface area contributed by atoms with E-state index in [1.54, 1.807) is 19.6 Å². The molecule has 0 radical (unpaired) electrons. The van der Waals surface area contributed by atoms with Gasteiger partial charge in [-0.25, -0.2) is 9.97 Å². The van der Waals surface area contributed by atoms with Crippen molar-refractivity contribution in [2.24, 2.45) is 0 Å². The van der Waals surface area contributed by atoms with E-state index in [1.807, 2.05) is 36.9 Å². The number of nitrogens with zero attached hydrogens (tertiary/aromatic N) is 3. The summed E-state index contributed by atoms with van der Waals surface area (Å²) in [7, 11) is 3.17. The summed E-state index contributed by atoms with van der Waals surface area (Å²) in [6, 6.07) is 5.55. The first-order valence-corrected chi connectivity index (χ1v) is 12.8. The summed E-state index contributed by atoms with van der Waals surface area (Å²) >= 11 is 2.97. The molecule has 1 N–H and O–H groups in total. The van der Waals surface area contributed by atoms with Crippen LogP contribution in [0.5, 0.6) is 11.5 Å². The van der Waals surface area contributed by atoms with Crippen molar-refractivity contribution in [3.63, 3.8) is 0 Å². The van der Waals surface area contributed by atoms with Crippen molar-refractivity contribution >= 4 is 34.5 Å². The second-order valence-corrected chi connectivity index (χ2v) is 10.2. The quantitative estimate of drug-likeness (QED) is 0.523. The van der Waals surface area contributed by atoms with E-state index in [0.717, 1.165) is 39.0 Å². The first-order valence-electron chi connectivity index (χ1n) is 11.1. The zero-order chi connectivity index (χ0) is 24.2. The molecule has 1 aromatic carbocycles. The van der Waals surface area contributed by atoms with E-state index >= 15 is 0 Å². The van der Waals surface area contributed by atoms with Crippen LogP contribution in [-0.4, -0.2) is 54.0 Å². The number of ether oxygens (including phenoxy) is 2. The molecule has 0 unspecified atom stereocenters. The molecule has 10 heteroatoms. The van der Waals surface area contributed by atoms with Gasteiger partial charge in [0.1, 0.15) is 10.6 Å². The molecular weight excluding hydrogens is 472 g/mol. The highest BCUT2D eigenvalue weighted by molar-refractivity contribution is 7.13. The molecule has 0 saturated carbocycles. The van der Waals surface area contributed by atoms with Gasteiger partial charge in [0.2, 0.25) is 0 Å². The van der Waals surface area contributed by atoms with Gasteiger partial charge in [-0.3, -0.25) is 9.59 Å². The highest BCUT2D eigenvalue weighted by Gasteiger charge is 2.28. The summed E-state index contributed by atoms with van der Waals surface area (Å²) in [6.07, 6.45) is 1.67. The van der Waals surface area contributed by atoms with Crippen molar-refractivity contribution in [2.45, 2.75) is 39.2 Å². The first kappa shape index (κ1) is 24.2. The summed E-state index contributed by atoms with van der Waals surface area (Å²) in [6.45, 7) is 5.53. The predicted octanol–water partition coefficient (Wildman–Crippen LogP) is 4.18. The van der Waals surface area contributed by atoms with Crippen LogP contribution in [0.4, 0.5) is 0 Å². The summed E-state index contributed by atoms with van der Waals surface area (Å²) in [4.78, 5) is 37.1. The Kier molecular flexibility index (Phi) is 7.47. The molecule has 34 heavy (non-hydrogen) atoms. The average Bonchev–Trinajstić information content (AvgIpc) is 3.48. The van der Waals surface area contributed by atoms with Crippen molar-refractivity contribution in [3.8, 4) is 11.5 Å². The van der Waals surface area contributed by atoms with Crippen LogP contribution < -0.4 is 14.8 Å². The number of piperidine rings is 1. The van der Waals surface area contributed by atoms with Crippen LogP contribution >= 0.6 is 22.7 Å². The van der Waals surface area contributed by atoms with Gasteiger partial charge in [-0.1, -0.05) is 6.07 Å². The number of hydrogen-bond donors (Lipinski definition) is 1. The third kappa shape index (κ3) is 5.23. The molecule has 2 aromatic heterocycles. The van der Waals surface area contributed by atoms with Crippen LogP contribution in [0, 0.1) is 13.8 Å². The van der Waals surface area contributed by atoms with E-state index in [2.05, 4.69) is 15.3 Å². The third-order valence-electron chi connectivity index (χ3n) is 5.88. The fourth-order valence-electron chi connectivity index (χ4n) is 4.05. The lowest BCUT2D eigenvalue weighted by molar-refractivity contribution is 0.0717. The predicted molar refractivity (Wildman–Crippen MR) is 132 cm³/mol. The van der Waals surface area contributed by atoms with Gasteiger partial charge >= 0.3 is 0 Å². The van der Waals surface area contributed by atoms with Gasteiger partial charge in [-0.2, -0.15) is 0 Å². The van der Waals surface area contributed by atoms with Crippen LogP contribution in [0.15, 0.2) is 23.6 Å². The molecular formula is C24H28N4O4S2. The van der Waals surface area contributed by atoms with E-state index in [1.165, 1.54) is 22.7 Å². The van der Waals surface area contributed by atoms with Crippen LogP contribution in [0.2, 0.25) is 0 Å². The molecule has 4 rings (SSSR count). The van der Waals surface area contributed by atoms with Crippen LogP contribution in [-0.2, 0) is 6.54 Å². The molecule has 0 atom stereocenters. The number of rotatable bonds is 7. The summed E-state index contributed by atoms with van der Waals surface area (Å²) in [5, 5.41) is 6.59. The molecule has 3 aromatic rings. The number of nitrogens with one attached hydrogen (secondary N) is 1. The van der Waals surface area contributed by atoms with Gasteiger partial charge in [0.25, 0.3) is 11.8 Å². The lowest BCUT2D eigenvalue weighted by atomic mass is 9.97. The Morgan fingerprint density at radius 3 is 2.50 bits per heavy atom. The monoisotopic (exact) mass is 500 g/mol. The minimum atomic E-state index is -0.207. The SMILES string of the molecule is COc1ccc(CNC(=O)c2csc(C3CCN(C(=O)c4sc(C)nc4C)CC3)n2)cc1OC. The maximum atomic E-state index is 12.9. The lowest BCUT2D eigenvalue weighted by Gasteiger charge is -2.30. The number of hydrogen-bond acceptors (Lipinski definition) is 8. The van der Waals surface area contributed by atoms with Gasteiger partial charge in [-0.15, -0.1) is 22.7 Å². The Balaban J connectivity index is 1.31. The second kappa shape index (κ2) is 10.5. The van der Waals surface area contributed by atoms with E-state index in [-0.39, 0.29) is 17.7 Å². The maximum Gasteiger partial charge on any atom is 0.271 e. The minimum absolute atomic E-state index is 0.0657. The second-order valence-electron chi connectivity index (χ2n) is 8.16. The maximum absolute atomic E-state index is 12.9. The number of benzene rings is 1. The van der Waals surface area contributed by atoms with E-state index in [4.69, 9.17) is 9.47 Å². The number of likely N-dealkylation sites (tertiary alicyclic amines) is 1. The molecule has 1 aliphatic rings. The van der Waals surface area contributed by atoms with Crippen molar-refractivity contribution in [1.82, 2.24) is 20.2 Å². The third-order valence-corrected chi connectivity index (χ3v) is 7.95. The molecule has 3 heterocycles. The topological polar surface area (TPSA) is 93.7 Å². The Morgan fingerprint density at radius 2 is 1.85 bits per heavy atom. The molecule has 0 aliphatic carbocycles. The standard InChI is InChI=1S/C24H28N4O4S2/c1-14-21(34-15(2)26-14)24(30)28-9-7-17(8-10-28)23-27-18(13-33-23)22(29)25-12-16-5-6-19(31-3)20(11-16)32-4/h5-6,11,13,17H,7-10,12H2,1-4H3,(H,25,29). The summed E-state index contributed by atoms with van der Waals surface area (Å²) in [5.74, 6) is 1.38. The van der Waals surface area contributed by atoms with Gasteiger partial charge in [-0.05, 0) is 44.4 Å². The van der Waals surface area contributed by atoms with Crippen molar-refractivity contribution < 1.29 is 19.1 Å². The molecule has 2 amide bonds. The zero-order valence-corrected chi connectivity index (χ0v) is 21.3. The minimum Gasteiger partial charge on any atom is -0.493 e. The Bertz CT molecular complexity index is 1180. The number of amides is 2. The molecule has 180 valence electrons. The summed E-state index contributed by atoms with van der Waals surface area (Å²) in [5.41, 5.74) is 2.14. The van der Waals surface area contributed by atoms with E-state index < -0.39 is 0 Å². The van der Waals surface area contributed by atoms with Crippen molar-refractivity contribution in [3.05, 3.63) is 55.4 Å². The van der Waals surface area contributed by atoms with Crippen molar-refractivity contribution in [1.29, 1.82) is 0 Å². The van der Waals surface area contributed by atoms with Gasteiger partial charge in [0, 0.05) is 30.9 Å². The number of carbonyl (C=O) groups excluding carboxylic acids is 2. The number of aryl methyl sites for hydroxylation is 2. The number of thiazole rings is 2. The highest BCUT2D eigenvalue weighted by Crippen LogP contribution is 2.32. The van der Waals surface area contributed by atoms with Crippen LogP contribution in [0.25, 0.3) is 0 Å². The Hall–Kier alpha value is -2.98. The van der Waals surface area contributed by atoms with E-state index in [9.17, 15) is 9.59 Å². The highest BCUT2D eigenvalue weighted by atomic mass is 32.1. The van der Waals surface area contributed by atoms with Gasteiger partial charge in [0.05, 0.1) is 29.9 Å². The largest absolute Gasteiger partial charge is 0.493 e. The van der Waals surface area contributed by atoms with Crippen molar-refractivity contribution in [2.75, 3.05) is 27.3 Å². The number of carbonyl (C=O) groups is 2. The fourth-order valence-corrected chi connectivity index (χ4v) is 5.90. The van der Waals surface area contributed by atoms with Crippen LogP contribution in [0.3, 0.4) is 0 Å². The zero-order valence-electron chi connectivity index (χ0n) is 19.7. The molecule has 1 aliphatic heterocycles.